The van der Waals surface area contributed by atoms with Crippen LogP contribution in [-0.2, 0) is 6.18 Å². The number of aromatic hydroxyl groups is 1. The van der Waals surface area contributed by atoms with Gasteiger partial charge in [-0.2, -0.15) is 13.2 Å². The Morgan fingerprint density at radius 3 is 2.26 bits per heavy atom. The Morgan fingerprint density at radius 2 is 1.84 bits per heavy atom. The Hall–Kier alpha value is -1.01. The maximum Gasteiger partial charge on any atom is 0.416 e. The monoisotopic (exact) mass is 299 g/mol. The van der Waals surface area contributed by atoms with Crippen LogP contribution in [0.2, 0.25) is 0 Å². The van der Waals surface area contributed by atoms with Gasteiger partial charge in [0.15, 0.2) is 11.6 Å². The number of hydrogen-bond donors (Lipinski definition) is 2. The molecule has 0 radical (unpaired) electrons. The zero-order valence-corrected chi connectivity index (χ0v) is 10.7. The fourth-order valence-electron chi connectivity index (χ4n) is 2.20. The van der Waals surface area contributed by atoms with Crippen LogP contribution in [0.4, 0.5) is 17.6 Å². The topological polar surface area (TPSA) is 46.2 Å². The first-order chi connectivity index (χ1) is 8.32. The van der Waals surface area contributed by atoms with Gasteiger partial charge >= 0.3 is 6.18 Å². The summed E-state index contributed by atoms with van der Waals surface area (Å²) < 4.78 is 51.7. The zero-order chi connectivity index (χ0) is 13.5. The van der Waals surface area contributed by atoms with E-state index in [1.165, 1.54) is 0 Å². The number of hydrogen-bond acceptors (Lipinski definition) is 2. The van der Waals surface area contributed by atoms with Crippen LogP contribution in [0.3, 0.4) is 0 Å². The van der Waals surface area contributed by atoms with Crippen molar-refractivity contribution in [1.82, 2.24) is 0 Å². The lowest BCUT2D eigenvalue weighted by atomic mass is 9.76. The van der Waals surface area contributed by atoms with Crippen molar-refractivity contribution in [2.75, 3.05) is 0 Å². The number of alkyl halides is 3. The van der Waals surface area contributed by atoms with E-state index in [-0.39, 0.29) is 18.3 Å². The standard InChI is InChI=1S/C12H13F4NO.ClH/c13-8-5-4-7(12(14,15)16)9(11(8)18)10(17)6-2-1-3-6;/h4-6,10,18H,1-3,17H2;1H/t10-;/m0./s1. The minimum Gasteiger partial charge on any atom is -0.505 e. The van der Waals surface area contributed by atoms with Gasteiger partial charge in [-0.3, -0.25) is 0 Å². The van der Waals surface area contributed by atoms with Gasteiger partial charge in [-0.15, -0.1) is 12.4 Å². The summed E-state index contributed by atoms with van der Waals surface area (Å²) in [5.74, 6) is -2.18. The molecule has 0 aliphatic heterocycles. The molecule has 0 aromatic heterocycles. The van der Waals surface area contributed by atoms with Gasteiger partial charge in [0.2, 0.25) is 0 Å². The molecule has 3 N–H and O–H groups in total. The molecule has 0 bridgehead atoms. The Morgan fingerprint density at radius 1 is 1.26 bits per heavy atom. The molecule has 1 saturated carbocycles. The van der Waals surface area contributed by atoms with Crippen LogP contribution in [0.5, 0.6) is 5.75 Å². The fourth-order valence-corrected chi connectivity index (χ4v) is 2.20. The highest BCUT2D eigenvalue weighted by molar-refractivity contribution is 5.85. The largest absolute Gasteiger partial charge is 0.505 e. The normalized spacial score (nSPS) is 17.5. The number of rotatable bonds is 2. The molecule has 1 aromatic rings. The van der Waals surface area contributed by atoms with Crippen molar-refractivity contribution in [3.8, 4) is 5.75 Å². The third-order valence-electron chi connectivity index (χ3n) is 3.46. The Bertz CT molecular complexity index is 460. The molecule has 7 heteroatoms. The van der Waals surface area contributed by atoms with Gasteiger partial charge in [0.05, 0.1) is 5.56 Å². The second kappa shape index (κ2) is 5.54. The minimum atomic E-state index is -4.65. The van der Waals surface area contributed by atoms with Crippen LogP contribution >= 0.6 is 12.4 Å². The third-order valence-corrected chi connectivity index (χ3v) is 3.46. The lowest BCUT2D eigenvalue weighted by molar-refractivity contribution is -0.138. The SMILES string of the molecule is Cl.N[C@H](c1c(C(F)(F)F)ccc(F)c1O)C1CCC1. The summed E-state index contributed by atoms with van der Waals surface area (Å²) >= 11 is 0. The summed E-state index contributed by atoms with van der Waals surface area (Å²) in [7, 11) is 0. The lowest BCUT2D eigenvalue weighted by Gasteiger charge is -2.33. The van der Waals surface area contributed by atoms with Crippen LogP contribution in [0.1, 0.15) is 36.4 Å². The summed E-state index contributed by atoms with van der Waals surface area (Å²) in [5, 5.41) is 9.53. The van der Waals surface area contributed by atoms with Crippen LogP contribution in [-0.4, -0.2) is 5.11 Å². The van der Waals surface area contributed by atoms with Crippen LogP contribution in [0, 0.1) is 11.7 Å². The summed E-state index contributed by atoms with van der Waals surface area (Å²) in [4.78, 5) is 0. The molecule has 0 saturated heterocycles. The molecule has 0 heterocycles. The van der Waals surface area contributed by atoms with Gasteiger partial charge in [0.1, 0.15) is 0 Å². The summed E-state index contributed by atoms with van der Waals surface area (Å²) in [6.07, 6.45) is -2.35. The molecular formula is C12H14ClF4NO. The van der Waals surface area contributed by atoms with Crippen molar-refractivity contribution in [3.63, 3.8) is 0 Å². The summed E-state index contributed by atoms with van der Waals surface area (Å²) in [6.45, 7) is 0. The van der Waals surface area contributed by atoms with Gasteiger partial charge in [-0.25, -0.2) is 4.39 Å². The predicted molar refractivity (Wildman–Crippen MR) is 64.6 cm³/mol. The van der Waals surface area contributed by atoms with E-state index in [0.29, 0.717) is 25.0 Å². The van der Waals surface area contributed by atoms with E-state index in [9.17, 15) is 22.7 Å². The maximum absolute atomic E-state index is 13.2. The number of halogens is 5. The van der Waals surface area contributed by atoms with E-state index in [0.717, 1.165) is 6.42 Å². The van der Waals surface area contributed by atoms with Gasteiger partial charge in [0, 0.05) is 11.6 Å². The Balaban J connectivity index is 0.00000180. The van der Waals surface area contributed by atoms with E-state index in [1.54, 1.807) is 0 Å². The zero-order valence-electron chi connectivity index (χ0n) is 9.88. The quantitative estimate of drug-likeness (QED) is 0.817. The average Bonchev–Trinajstić information content (AvgIpc) is 2.17. The highest BCUT2D eigenvalue weighted by atomic mass is 35.5. The van der Waals surface area contributed by atoms with Crippen LogP contribution in [0.15, 0.2) is 12.1 Å². The first-order valence-corrected chi connectivity index (χ1v) is 5.66. The maximum atomic E-state index is 13.2. The molecule has 1 fully saturated rings. The highest BCUT2D eigenvalue weighted by Gasteiger charge is 2.39. The van der Waals surface area contributed by atoms with Gasteiger partial charge in [-0.1, -0.05) is 6.42 Å². The molecule has 1 aromatic carbocycles. The average molecular weight is 300 g/mol. The number of nitrogens with two attached hydrogens (primary N) is 1. The molecule has 0 spiro atoms. The molecule has 0 amide bonds. The summed E-state index contributed by atoms with van der Waals surface area (Å²) in [5.41, 5.74) is 4.16. The van der Waals surface area contributed by atoms with Crippen molar-refractivity contribution >= 4 is 12.4 Å². The number of phenols is 1. The van der Waals surface area contributed by atoms with Crippen LogP contribution < -0.4 is 5.73 Å². The van der Waals surface area contributed by atoms with Crippen molar-refractivity contribution in [2.24, 2.45) is 11.7 Å². The van der Waals surface area contributed by atoms with Crippen LogP contribution in [0.25, 0.3) is 0 Å². The lowest BCUT2D eigenvalue weighted by Crippen LogP contribution is -2.29. The molecule has 2 rings (SSSR count). The van der Waals surface area contributed by atoms with E-state index in [4.69, 9.17) is 5.73 Å². The van der Waals surface area contributed by atoms with Crippen molar-refractivity contribution < 1.29 is 22.7 Å². The minimum absolute atomic E-state index is 0. The molecular weight excluding hydrogens is 286 g/mol. The molecule has 1 aliphatic rings. The molecule has 108 valence electrons. The van der Waals surface area contributed by atoms with E-state index in [1.807, 2.05) is 0 Å². The number of benzene rings is 1. The second-order valence-corrected chi connectivity index (χ2v) is 4.57. The molecule has 1 atom stereocenters. The highest BCUT2D eigenvalue weighted by Crippen LogP contribution is 2.45. The molecule has 1 aliphatic carbocycles. The van der Waals surface area contributed by atoms with E-state index < -0.39 is 34.9 Å². The van der Waals surface area contributed by atoms with Crippen molar-refractivity contribution in [3.05, 3.63) is 29.1 Å². The van der Waals surface area contributed by atoms with Gasteiger partial charge in [0.25, 0.3) is 0 Å². The van der Waals surface area contributed by atoms with Crippen molar-refractivity contribution in [1.29, 1.82) is 0 Å². The van der Waals surface area contributed by atoms with E-state index >= 15 is 0 Å². The summed E-state index contributed by atoms with van der Waals surface area (Å²) in [6, 6.07) is 0.254. The first-order valence-electron chi connectivity index (χ1n) is 5.66. The van der Waals surface area contributed by atoms with Gasteiger partial charge < -0.3 is 10.8 Å². The molecule has 0 unspecified atom stereocenters. The molecule has 19 heavy (non-hydrogen) atoms. The second-order valence-electron chi connectivity index (χ2n) is 4.57. The Kier molecular flexibility index (Phi) is 4.68. The molecule has 2 nitrogen and oxygen atoms in total. The third kappa shape index (κ3) is 2.95. The smallest absolute Gasteiger partial charge is 0.416 e. The van der Waals surface area contributed by atoms with Gasteiger partial charge in [-0.05, 0) is 30.9 Å². The van der Waals surface area contributed by atoms with E-state index in [2.05, 4.69) is 0 Å². The Labute approximate surface area is 114 Å². The predicted octanol–water partition coefficient (Wildman–Crippen LogP) is 3.77. The van der Waals surface area contributed by atoms with Crippen molar-refractivity contribution in [2.45, 2.75) is 31.5 Å². The fraction of sp³-hybridized carbons (Fsp3) is 0.500. The first kappa shape index (κ1) is 16.0. The number of phenolic OH excluding ortho intramolecular Hbond substituents is 1.